The zero-order valence-electron chi connectivity index (χ0n) is 29.7. The van der Waals surface area contributed by atoms with E-state index in [-0.39, 0.29) is 0 Å². The van der Waals surface area contributed by atoms with Crippen LogP contribution in [-0.4, -0.2) is 0 Å². The summed E-state index contributed by atoms with van der Waals surface area (Å²) in [5.41, 5.74) is 9.23. The first-order valence-electron chi connectivity index (χ1n) is 18.5. The Morgan fingerprint density at radius 3 is 1.28 bits per heavy atom. The van der Waals surface area contributed by atoms with E-state index in [1.54, 1.807) is 0 Å². The Morgan fingerprint density at radius 2 is 0.704 bits per heavy atom. The fourth-order valence-electron chi connectivity index (χ4n) is 8.11. The van der Waals surface area contributed by atoms with Crippen LogP contribution in [0.3, 0.4) is 0 Å². The lowest BCUT2D eigenvalue weighted by molar-refractivity contribution is 1.29. The lowest BCUT2D eigenvalue weighted by atomic mass is 9.89. The predicted molar refractivity (Wildman–Crippen MR) is 231 cm³/mol. The summed E-state index contributed by atoms with van der Waals surface area (Å²) in [5, 5.41) is 9.88. The van der Waals surface area contributed by atoms with Gasteiger partial charge in [-0.1, -0.05) is 140 Å². The molecule has 0 N–H and O–H groups in total. The molecule has 54 heavy (non-hydrogen) atoms. The van der Waals surface area contributed by atoms with Gasteiger partial charge in [-0.2, -0.15) is 0 Å². The van der Waals surface area contributed by atoms with Gasteiger partial charge in [-0.3, -0.25) is 0 Å². The Kier molecular flexibility index (Phi) is 7.85. The van der Waals surface area contributed by atoms with E-state index < -0.39 is 0 Å². The molecule has 0 unspecified atom stereocenters. The molecular formula is C52H36N2. The molecule has 0 heterocycles. The van der Waals surface area contributed by atoms with Crippen LogP contribution in [0.5, 0.6) is 0 Å². The zero-order valence-corrected chi connectivity index (χ0v) is 29.7. The van der Waals surface area contributed by atoms with E-state index in [1.165, 1.54) is 54.2 Å². The topological polar surface area (TPSA) is 6.48 Å². The van der Waals surface area contributed by atoms with Gasteiger partial charge in [0.15, 0.2) is 0 Å². The van der Waals surface area contributed by atoms with Crippen LogP contribution in [0, 0.1) is 0 Å². The van der Waals surface area contributed by atoms with Crippen molar-refractivity contribution in [1.29, 1.82) is 0 Å². The van der Waals surface area contributed by atoms with Crippen molar-refractivity contribution in [2.24, 2.45) is 0 Å². The Balaban J connectivity index is 1.16. The smallest absolute Gasteiger partial charge is 0.0546 e. The maximum Gasteiger partial charge on any atom is 0.0546 e. The summed E-state index contributed by atoms with van der Waals surface area (Å²) in [6.45, 7) is 0. The van der Waals surface area contributed by atoms with Crippen LogP contribution in [0.1, 0.15) is 0 Å². The van der Waals surface area contributed by atoms with Crippen molar-refractivity contribution in [2.75, 3.05) is 9.80 Å². The van der Waals surface area contributed by atoms with Gasteiger partial charge in [0, 0.05) is 33.8 Å². The zero-order chi connectivity index (χ0) is 35.8. The SMILES string of the molecule is c1ccc(N(c2ccccc2)c2ccc3cc(-c4cc5cc(N(c6ccccc6)c6ccccc6)c6ccccc6c5c5ccccc45)ccc3c2)cc1. The molecule has 0 atom stereocenters. The van der Waals surface area contributed by atoms with Gasteiger partial charge in [0.25, 0.3) is 0 Å². The van der Waals surface area contributed by atoms with Crippen molar-refractivity contribution in [1.82, 2.24) is 0 Å². The summed E-state index contributed by atoms with van der Waals surface area (Å²) >= 11 is 0. The number of rotatable bonds is 7. The molecule has 0 saturated carbocycles. The van der Waals surface area contributed by atoms with Crippen LogP contribution in [0.25, 0.3) is 54.2 Å². The molecule has 254 valence electrons. The summed E-state index contributed by atoms with van der Waals surface area (Å²) < 4.78 is 0. The van der Waals surface area contributed by atoms with Crippen molar-refractivity contribution in [3.8, 4) is 11.1 Å². The highest BCUT2D eigenvalue weighted by Crippen LogP contribution is 2.46. The minimum atomic E-state index is 1.13. The molecule has 2 heteroatoms. The van der Waals surface area contributed by atoms with E-state index in [2.05, 4.69) is 228 Å². The molecule has 0 radical (unpaired) electrons. The fourth-order valence-corrected chi connectivity index (χ4v) is 8.11. The number of nitrogens with zero attached hydrogens (tertiary/aromatic N) is 2. The number of hydrogen-bond donors (Lipinski definition) is 0. The second kappa shape index (κ2) is 13.4. The van der Waals surface area contributed by atoms with Crippen LogP contribution in [0.4, 0.5) is 34.1 Å². The first-order chi connectivity index (χ1) is 26.8. The maximum absolute atomic E-state index is 2.41. The van der Waals surface area contributed by atoms with Crippen molar-refractivity contribution in [3.63, 3.8) is 0 Å². The molecular weight excluding hydrogens is 653 g/mol. The highest BCUT2D eigenvalue weighted by molar-refractivity contribution is 6.26. The molecule has 0 spiro atoms. The van der Waals surface area contributed by atoms with Crippen molar-refractivity contribution in [3.05, 3.63) is 218 Å². The van der Waals surface area contributed by atoms with E-state index in [0.29, 0.717) is 0 Å². The van der Waals surface area contributed by atoms with Gasteiger partial charge < -0.3 is 9.80 Å². The molecule has 0 amide bonds. The van der Waals surface area contributed by atoms with Crippen molar-refractivity contribution < 1.29 is 0 Å². The molecule has 0 aliphatic rings. The third kappa shape index (κ3) is 5.53. The normalized spacial score (nSPS) is 11.3. The van der Waals surface area contributed by atoms with Crippen LogP contribution in [0.15, 0.2) is 218 Å². The van der Waals surface area contributed by atoms with Crippen molar-refractivity contribution >= 4 is 77.2 Å². The molecule has 10 rings (SSSR count). The van der Waals surface area contributed by atoms with Gasteiger partial charge in [0.1, 0.15) is 0 Å². The predicted octanol–water partition coefficient (Wildman–Crippen LogP) is 14.9. The molecule has 10 aromatic rings. The standard InChI is InChI=1S/C52H36N2/c1-5-17-41(18-6-1)53(42-19-7-2-8-20-42)45-32-31-37-33-39(30-29-38(37)34-45)50-35-40-36-51(54(43-21-9-3-10-22-43)44-23-11-4-12-24-44)47-26-14-16-28-49(47)52(40)48-27-15-13-25-46(48)50/h1-36H. The largest absolute Gasteiger partial charge is 0.310 e. The van der Waals surface area contributed by atoms with E-state index in [0.717, 1.165) is 34.1 Å². The second-order valence-electron chi connectivity index (χ2n) is 13.8. The first kappa shape index (κ1) is 31.6. The highest BCUT2D eigenvalue weighted by Gasteiger charge is 2.20. The first-order valence-corrected chi connectivity index (χ1v) is 18.5. The van der Waals surface area contributed by atoms with Crippen molar-refractivity contribution in [2.45, 2.75) is 0 Å². The lowest BCUT2D eigenvalue weighted by Crippen LogP contribution is -2.10. The van der Waals surface area contributed by atoms with Crippen LogP contribution >= 0.6 is 0 Å². The Labute approximate surface area is 315 Å². The highest BCUT2D eigenvalue weighted by atomic mass is 15.1. The molecule has 0 bridgehead atoms. The molecule has 2 nitrogen and oxygen atoms in total. The van der Waals surface area contributed by atoms with E-state index >= 15 is 0 Å². The third-order valence-electron chi connectivity index (χ3n) is 10.5. The number of hydrogen-bond acceptors (Lipinski definition) is 2. The van der Waals surface area contributed by atoms with Crippen LogP contribution < -0.4 is 9.80 Å². The molecule has 0 aliphatic heterocycles. The minimum Gasteiger partial charge on any atom is -0.310 e. The Bertz CT molecular complexity index is 2840. The second-order valence-corrected chi connectivity index (χ2v) is 13.8. The minimum absolute atomic E-state index is 1.13. The monoisotopic (exact) mass is 688 g/mol. The van der Waals surface area contributed by atoms with Gasteiger partial charge >= 0.3 is 0 Å². The number of para-hydroxylation sites is 4. The number of fused-ring (bicyclic) bond motifs is 6. The Morgan fingerprint density at radius 1 is 0.259 bits per heavy atom. The average molecular weight is 689 g/mol. The molecule has 0 fully saturated rings. The van der Waals surface area contributed by atoms with Gasteiger partial charge in [-0.25, -0.2) is 0 Å². The summed E-state index contributed by atoms with van der Waals surface area (Å²) in [5.74, 6) is 0. The van der Waals surface area contributed by atoms with E-state index in [9.17, 15) is 0 Å². The quantitative estimate of drug-likeness (QED) is 0.154. The number of benzene rings is 10. The fraction of sp³-hybridized carbons (Fsp3) is 0. The van der Waals surface area contributed by atoms with Gasteiger partial charge in [-0.15, -0.1) is 0 Å². The number of anilines is 6. The summed E-state index contributed by atoms with van der Waals surface area (Å²) in [7, 11) is 0. The molecule has 0 aromatic heterocycles. The van der Waals surface area contributed by atoms with E-state index in [4.69, 9.17) is 0 Å². The van der Waals surface area contributed by atoms with Gasteiger partial charge in [0.05, 0.1) is 5.69 Å². The summed E-state index contributed by atoms with van der Waals surface area (Å²) in [6, 6.07) is 78.8. The lowest BCUT2D eigenvalue weighted by Gasteiger charge is -2.28. The summed E-state index contributed by atoms with van der Waals surface area (Å²) in [6.07, 6.45) is 0. The molecule has 10 aromatic carbocycles. The summed E-state index contributed by atoms with van der Waals surface area (Å²) in [4.78, 5) is 4.71. The average Bonchev–Trinajstić information content (AvgIpc) is 3.25. The third-order valence-corrected chi connectivity index (χ3v) is 10.5. The Hall–Kier alpha value is -7.16. The van der Waals surface area contributed by atoms with Gasteiger partial charge in [-0.05, 0) is 128 Å². The maximum atomic E-state index is 2.41. The van der Waals surface area contributed by atoms with E-state index in [1.807, 2.05) is 0 Å². The molecule has 0 saturated heterocycles. The van der Waals surface area contributed by atoms with Gasteiger partial charge in [0.2, 0.25) is 0 Å². The molecule has 0 aliphatic carbocycles. The van der Waals surface area contributed by atoms with Crippen LogP contribution in [-0.2, 0) is 0 Å². The van der Waals surface area contributed by atoms with Crippen LogP contribution in [0.2, 0.25) is 0 Å².